The Morgan fingerprint density at radius 2 is 2.05 bits per heavy atom. The Kier molecular flexibility index (Phi) is 4.65. The largest absolute Gasteiger partial charge is 0.480 e. The van der Waals surface area contributed by atoms with E-state index in [0.29, 0.717) is 12.8 Å². The van der Waals surface area contributed by atoms with Crippen molar-refractivity contribution in [2.45, 2.75) is 25.8 Å². The summed E-state index contributed by atoms with van der Waals surface area (Å²) in [7, 11) is 0. The lowest BCUT2D eigenvalue weighted by molar-refractivity contribution is -0.139. The van der Waals surface area contributed by atoms with Crippen molar-refractivity contribution in [1.29, 1.82) is 0 Å². The van der Waals surface area contributed by atoms with Crippen LogP contribution in [0.2, 0.25) is 0 Å². The maximum absolute atomic E-state index is 12.0. The zero-order chi connectivity index (χ0) is 15.2. The molecule has 1 unspecified atom stereocenters. The lowest BCUT2D eigenvalue weighted by atomic mass is 10.1. The molecule has 0 aliphatic heterocycles. The van der Waals surface area contributed by atoms with E-state index >= 15 is 0 Å². The summed E-state index contributed by atoms with van der Waals surface area (Å²) in [4.78, 5) is 24.3. The topological polar surface area (TPSA) is 97.1 Å². The highest BCUT2D eigenvalue weighted by atomic mass is 16.4. The highest BCUT2D eigenvalue weighted by Crippen LogP contribution is 2.05. The molecule has 1 aromatic carbocycles. The van der Waals surface area contributed by atoms with Crippen LogP contribution in [0.1, 0.15) is 30.3 Å². The van der Waals surface area contributed by atoms with Crippen LogP contribution in [0.25, 0.3) is 5.69 Å². The average molecular weight is 288 g/mol. The summed E-state index contributed by atoms with van der Waals surface area (Å²) in [6.07, 6.45) is 2.34. The number of para-hydroxylation sites is 1. The van der Waals surface area contributed by atoms with Gasteiger partial charge in [-0.15, -0.1) is 5.10 Å². The third-order valence-corrected chi connectivity index (χ3v) is 2.89. The summed E-state index contributed by atoms with van der Waals surface area (Å²) < 4.78 is 0. The Balaban J connectivity index is 2.10. The Morgan fingerprint density at radius 1 is 1.33 bits per heavy atom. The van der Waals surface area contributed by atoms with Gasteiger partial charge in [-0.3, -0.25) is 4.79 Å². The summed E-state index contributed by atoms with van der Waals surface area (Å²) in [6, 6.07) is 8.23. The number of carbonyl (C=O) groups excluding carboxylic acids is 1. The molecule has 0 radical (unpaired) electrons. The molecule has 7 heteroatoms. The normalized spacial score (nSPS) is 11.9. The number of hydrogen-bond donors (Lipinski definition) is 2. The van der Waals surface area contributed by atoms with Gasteiger partial charge in [0.1, 0.15) is 6.04 Å². The van der Waals surface area contributed by atoms with E-state index in [0.717, 1.165) is 5.69 Å². The number of rotatable bonds is 6. The molecule has 2 N–H and O–H groups in total. The molecule has 1 aromatic heterocycles. The smallest absolute Gasteiger partial charge is 0.326 e. The maximum atomic E-state index is 12.0. The van der Waals surface area contributed by atoms with Gasteiger partial charge < -0.3 is 10.4 Å². The second-order valence-electron chi connectivity index (χ2n) is 4.51. The fourth-order valence-corrected chi connectivity index (χ4v) is 1.83. The molecule has 21 heavy (non-hydrogen) atoms. The molecule has 2 rings (SSSR count). The molecule has 0 spiro atoms. The number of nitrogens with zero attached hydrogens (tertiary/aromatic N) is 3. The molecule has 0 bridgehead atoms. The Bertz CT molecular complexity index is 624. The minimum Gasteiger partial charge on any atom is -0.480 e. The number of benzene rings is 1. The van der Waals surface area contributed by atoms with Crippen molar-refractivity contribution < 1.29 is 14.7 Å². The minimum atomic E-state index is -1.05. The monoisotopic (exact) mass is 288 g/mol. The first kappa shape index (κ1) is 14.7. The minimum absolute atomic E-state index is 0.0845. The zero-order valence-corrected chi connectivity index (χ0v) is 11.6. The summed E-state index contributed by atoms with van der Waals surface area (Å²) in [5.74, 6) is -1.60. The SMILES string of the molecule is CCCC(NC(=O)c1cnn(-c2ccccc2)n1)C(=O)O. The van der Waals surface area contributed by atoms with Crippen LogP contribution in [0, 0.1) is 0 Å². The van der Waals surface area contributed by atoms with Gasteiger partial charge in [0.05, 0.1) is 11.9 Å². The zero-order valence-electron chi connectivity index (χ0n) is 11.6. The van der Waals surface area contributed by atoms with Gasteiger partial charge in [-0.1, -0.05) is 31.5 Å². The van der Waals surface area contributed by atoms with Crippen LogP contribution in [0.5, 0.6) is 0 Å². The lowest BCUT2D eigenvalue weighted by Gasteiger charge is -2.11. The van der Waals surface area contributed by atoms with Gasteiger partial charge >= 0.3 is 5.97 Å². The third kappa shape index (κ3) is 3.65. The summed E-state index contributed by atoms with van der Waals surface area (Å²) in [5, 5.41) is 19.5. The van der Waals surface area contributed by atoms with Crippen LogP contribution in [0.15, 0.2) is 36.5 Å². The molecule has 2 aromatic rings. The number of carboxylic acid groups (broad SMARTS) is 1. The fourth-order valence-electron chi connectivity index (χ4n) is 1.83. The van der Waals surface area contributed by atoms with E-state index in [4.69, 9.17) is 5.11 Å². The van der Waals surface area contributed by atoms with Crippen LogP contribution in [0.3, 0.4) is 0 Å². The van der Waals surface area contributed by atoms with Gasteiger partial charge in [-0.2, -0.15) is 9.90 Å². The second kappa shape index (κ2) is 6.65. The Labute approximate surface area is 121 Å². The molecule has 0 fully saturated rings. The van der Waals surface area contributed by atoms with Gasteiger partial charge in [0.25, 0.3) is 5.91 Å². The van der Waals surface area contributed by atoms with Gasteiger partial charge in [0.2, 0.25) is 0 Å². The average Bonchev–Trinajstić information content (AvgIpc) is 2.97. The van der Waals surface area contributed by atoms with Gasteiger partial charge in [-0.25, -0.2) is 4.79 Å². The number of amides is 1. The summed E-state index contributed by atoms with van der Waals surface area (Å²) in [6.45, 7) is 1.85. The second-order valence-corrected chi connectivity index (χ2v) is 4.51. The first-order valence-electron chi connectivity index (χ1n) is 6.63. The van der Waals surface area contributed by atoms with Crippen molar-refractivity contribution >= 4 is 11.9 Å². The Hall–Kier alpha value is -2.70. The first-order valence-corrected chi connectivity index (χ1v) is 6.63. The standard InChI is InChI=1S/C14H16N4O3/c1-2-6-11(14(20)21)16-13(19)12-9-15-18(17-12)10-7-4-3-5-8-10/h3-5,7-9,11H,2,6H2,1H3,(H,16,19)(H,20,21). The number of carboxylic acids is 1. The van der Waals surface area contributed by atoms with E-state index in [1.165, 1.54) is 11.0 Å². The molecule has 0 saturated carbocycles. The van der Waals surface area contributed by atoms with E-state index in [2.05, 4.69) is 15.5 Å². The van der Waals surface area contributed by atoms with Gasteiger partial charge in [-0.05, 0) is 18.6 Å². The number of aliphatic carboxylic acids is 1. The van der Waals surface area contributed by atoms with Crippen molar-refractivity contribution in [3.63, 3.8) is 0 Å². The first-order chi connectivity index (χ1) is 10.1. The quantitative estimate of drug-likeness (QED) is 0.833. The third-order valence-electron chi connectivity index (χ3n) is 2.89. The summed E-state index contributed by atoms with van der Waals surface area (Å²) >= 11 is 0. The fraction of sp³-hybridized carbons (Fsp3) is 0.286. The van der Waals surface area contributed by atoms with Crippen LogP contribution >= 0.6 is 0 Å². The predicted octanol–water partition coefficient (Wildman–Crippen LogP) is 1.25. The Morgan fingerprint density at radius 3 is 2.67 bits per heavy atom. The number of carbonyl (C=O) groups is 2. The molecule has 1 amide bonds. The van der Waals surface area contributed by atoms with Gasteiger partial charge in [0, 0.05) is 0 Å². The van der Waals surface area contributed by atoms with Crippen LogP contribution < -0.4 is 5.32 Å². The number of hydrogen-bond acceptors (Lipinski definition) is 4. The molecule has 0 aliphatic carbocycles. The number of aromatic nitrogens is 3. The van der Waals surface area contributed by atoms with Gasteiger partial charge in [0.15, 0.2) is 5.69 Å². The van der Waals surface area contributed by atoms with E-state index < -0.39 is 17.9 Å². The molecule has 1 atom stereocenters. The van der Waals surface area contributed by atoms with Crippen LogP contribution in [-0.4, -0.2) is 38.0 Å². The predicted molar refractivity (Wildman–Crippen MR) is 75.2 cm³/mol. The maximum Gasteiger partial charge on any atom is 0.326 e. The van der Waals surface area contributed by atoms with Crippen molar-refractivity contribution in [3.05, 3.63) is 42.2 Å². The van der Waals surface area contributed by atoms with E-state index in [9.17, 15) is 9.59 Å². The number of nitrogens with one attached hydrogen (secondary N) is 1. The van der Waals surface area contributed by atoms with E-state index in [-0.39, 0.29) is 5.69 Å². The molecule has 110 valence electrons. The van der Waals surface area contributed by atoms with Crippen LogP contribution in [0.4, 0.5) is 0 Å². The molecule has 0 aliphatic rings. The molecule has 7 nitrogen and oxygen atoms in total. The molecular weight excluding hydrogens is 272 g/mol. The lowest BCUT2D eigenvalue weighted by Crippen LogP contribution is -2.40. The highest BCUT2D eigenvalue weighted by Gasteiger charge is 2.21. The van der Waals surface area contributed by atoms with Crippen molar-refractivity contribution in [2.24, 2.45) is 0 Å². The van der Waals surface area contributed by atoms with E-state index in [1.54, 1.807) is 12.1 Å². The molecule has 0 saturated heterocycles. The van der Waals surface area contributed by atoms with Crippen molar-refractivity contribution in [3.8, 4) is 5.69 Å². The van der Waals surface area contributed by atoms with Crippen molar-refractivity contribution in [2.75, 3.05) is 0 Å². The van der Waals surface area contributed by atoms with Crippen LogP contribution in [-0.2, 0) is 4.79 Å². The van der Waals surface area contributed by atoms with E-state index in [1.807, 2.05) is 25.1 Å². The van der Waals surface area contributed by atoms with Crippen molar-refractivity contribution in [1.82, 2.24) is 20.3 Å². The summed E-state index contributed by atoms with van der Waals surface area (Å²) in [5.41, 5.74) is 0.807. The highest BCUT2D eigenvalue weighted by molar-refractivity contribution is 5.94. The molecular formula is C14H16N4O3. The molecule has 1 heterocycles.